The maximum absolute atomic E-state index is 5.68. The maximum Gasteiger partial charge on any atom is 0.274 e. The highest BCUT2D eigenvalue weighted by atomic mass is 16.7. The molecule has 2 heterocycles. The van der Waals surface area contributed by atoms with Crippen molar-refractivity contribution < 1.29 is 14.2 Å². The minimum absolute atomic E-state index is 0.480. The van der Waals surface area contributed by atoms with Crippen LogP contribution in [0.25, 0.3) is 0 Å². The maximum atomic E-state index is 5.68. The third-order valence-electron chi connectivity index (χ3n) is 2.98. The molecule has 2 N–H and O–H groups in total. The number of nitrogen functional groups attached to an aromatic ring is 1. The van der Waals surface area contributed by atoms with Crippen LogP contribution >= 0.6 is 0 Å². The molecule has 1 aliphatic heterocycles. The van der Waals surface area contributed by atoms with E-state index in [0.717, 1.165) is 5.56 Å². The Kier molecular flexibility index (Phi) is 2.95. The van der Waals surface area contributed by atoms with Crippen molar-refractivity contribution in [2.45, 2.75) is 12.7 Å². The number of hydrogen-bond donors (Lipinski definition) is 1. The smallest absolute Gasteiger partial charge is 0.274 e. The monoisotopic (exact) mass is 270 g/mol. The number of pyridine rings is 1. The Hall–Kier alpha value is -2.69. The van der Waals surface area contributed by atoms with E-state index < -0.39 is 5.79 Å². The fourth-order valence-electron chi connectivity index (χ4n) is 1.89. The van der Waals surface area contributed by atoms with Gasteiger partial charge in [0.05, 0.1) is 11.9 Å². The second-order valence-corrected chi connectivity index (χ2v) is 4.51. The van der Waals surface area contributed by atoms with Gasteiger partial charge in [-0.3, -0.25) is 0 Å². The van der Waals surface area contributed by atoms with E-state index in [2.05, 4.69) is 4.98 Å². The van der Waals surface area contributed by atoms with Gasteiger partial charge in [-0.15, -0.1) is 0 Å². The number of rotatable bonds is 3. The van der Waals surface area contributed by atoms with Crippen molar-refractivity contribution in [2.24, 2.45) is 0 Å². The SMILES string of the molecule is CC1(c2cccc(Oc3ccc(N)cn3)c2)OC=CO1. The first kappa shape index (κ1) is 12.3. The Morgan fingerprint density at radius 3 is 2.65 bits per heavy atom. The first-order valence-electron chi connectivity index (χ1n) is 6.16. The first-order valence-corrected chi connectivity index (χ1v) is 6.16. The number of ether oxygens (including phenoxy) is 3. The van der Waals surface area contributed by atoms with E-state index >= 15 is 0 Å². The average Bonchev–Trinajstić information content (AvgIpc) is 2.90. The average molecular weight is 270 g/mol. The summed E-state index contributed by atoms with van der Waals surface area (Å²) in [6, 6.07) is 10.9. The highest BCUT2D eigenvalue weighted by Gasteiger charge is 2.32. The summed E-state index contributed by atoms with van der Waals surface area (Å²) in [6.45, 7) is 1.84. The molecule has 0 aliphatic carbocycles. The van der Waals surface area contributed by atoms with Crippen LogP contribution < -0.4 is 10.5 Å². The standard InChI is InChI=1S/C15H14N2O3/c1-15(18-7-8-19-15)11-3-2-4-13(9-11)20-14-6-5-12(16)10-17-14/h2-10H,16H2,1H3. The Labute approximate surface area is 116 Å². The zero-order valence-electron chi connectivity index (χ0n) is 10.9. The van der Waals surface area contributed by atoms with Crippen LogP contribution in [0.3, 0.4) is 0 Å². The van der Waals surface area contributed by atoms with Gasteiger partial charge in [-0.1, -0.05) is 12.1 Å². The molecule has 0 amide bonds. The lowest BCUT2D eigenvalue weighted by Crippen LogP contribution is -2.21. The topological polar surface area (TPSA) is 66.6 Å². The van der Waals surface area contributed by atoms with Gasteiger partial charge in [-0.05, 0) is 18.2 Å². The third-order valence-corrected chi connectivity index (χ3v) is 2.98. The van der Waals surface area contributed by atoms with E-state index in [1.54, 1.807) is 18.3 Å². The van der Waals surface area contributed by atoms with Crippen LogP contribution in [0.15, 0.2) is 55.1 Å². The van der Waals surface area contributed by atoms with Crippen LogP contribution in [0.5, 0.6) is 11.6 Å². The molecule has 0 atom stereocenters. The summed E-state index contributed by atoms with van der Waals surface area (Å²) < 4.78 is 16.6. The lowest BCUT2D eigenvalue weighted by Gasteiger charge is -2.23. The second kappa shape index (κ2) is 4.77. The number of hydrogen-bond acceptors (Lipinski definition) is 5. The van der Waals surface area contributed by atoms with Crippen molar-refractivity contribution in [3.63, 3.8) is 0 Å². The molecule has 102 valence electrons. The van der Waals surface area contributed by atoms with Crippen LogP contribution in [-0.2, 0) is 15.3 Å². The normalized spacial score (nSPS) is 15.4. The van der Waals surface area contributed by atoms with Crippen molar-refractivity contribution in [2.75, 3.05) is 5.73 Å². The molecule has 1 aliphatic rings. The van der Waals surface area contributed by atoms with E-state index in [4.69, 9.17) is 19.9 Å². The molecule has 1 aromatic carbocycles. The van der Waals surface area contributed by atoms with Gasteiger partial charge < -0.3 is 19.9 Å². The Morgan fingerprint density at radius 1 is 1.15 bits per heavy atom. The Balaban J connectivity index is 1.82. The summed E-state index contributed by atoms with van der Waals surface area (Å²) in [7, 11) is 0. The molecule has 0 bridgehead atoms. The van der Waals surface area contributed by atoms with Crippen LogP contribution in [0, 0.1) is 0 Å². The van der Waals surface area contributed by atoms with Gasteiger partial charge in [0.1, 0.15) is 18.3 Å². The molecular weight excluding hydrogens is 256 g/mol. The van der Waals surface area contributed by atoms with Gasteiger partial charge >= 0.3 is 0 Å². The first-order chi connectivity index (χ1) is 9.66. The molecule has 20 heavy (non-hydrogen) atoms. The quantitative estimate of drug-likeness (QED) is 0.928. The Bertz CT molecular complexity index is 630. The van der Waals surface area contributed by atoms with Crippen molar-refractivity contribution in [1.82, 2.24) is 4.98 Å². The van der Waals surface area contributed by atoms with Crippen molar-refractivity contribution in [3.8, 4) is 11.6 Å². The lowest BCUT2D eigenvalue weighted by atomic mass is 10.1. The largest absolute Gasteiger partial charge is 0.453 e. The fourth-order valence-corrected chi connectivity index (χ4v) is 1.89. The molecule has 0 fully saturated rings. The number of aromatic nitrogens is 1. The van der Waals surface area contributed by atoms with Crippen LogP contribution in [-0.4, -0.2) is 4.98 Å². The second-order valence-electron chi connectivity index (χ2n) is 4.51. The molecule has 5 nitrogen and oxygen atoms in total. The fraction of sp³-hybridized carbons (Fsp3) is 0.133. The van der Waals surface area contributed by atoms with Crippen molar-refractivity contribution >= 4 is 5.69 Å². The lowest BCUT2D eigenvalue weighted by molar-refractivity contribution is -0.133. The molecule has 3 rings (SSSR count). The van der Waals surface area contributed by atoms with Crippen LogP contribution in [0.4, 0.5) is 5.69 Å². The summed E-state index contributed by atoms with van der Waals surface area (Å²) >= 11 is 0. The van der Waals surface area contributed by atoms with E-state index in [-0.39, 0.29) is 0 Å². The highest BCUT2D eigenvalue weighted by molar-refractivity contribution is 5.38. The van der Waals surface area contributed by atoms with Gasteiger partial charge in [-0.25, -0.2) is 4.98 Å². The minimum Gasteiger partial charge on any atom is -0.453 e. The number of benzene rings is 1. The summed E-state index contributed by atoms with van der Waals surface area (Å²) in [5.74, 6) is 0.321. The molecule has 5 heteroatoms. The molecule has 0 unspecified atom stereocenters. The van der Waals surface area contributed by atoms with Gasteiger partial charge in [0.15, 0.2) is 0 Å². The van der Waals surface area contributed by atoms with Gasteiger partial charge in [0.25, 0.3) is 5.79 Å². The summed E-state index contributed by atoms with van der Waals surface area (Å²) in [4.78, 5) is 4.10. The predicted octanol–water partition coefficient (Wildman–Crippen LogP) is 3.15. The summed E-state index contributed by atoms with van der Waals surface area (Å²) in [5, 5.41) is 0. The number of anilines is 1. The molecule has 0 spiro atoms. The highest BCUT2D eigenvalue weighted by Crippen LogP contribution is 2.33. The van der Waals surface area contributed by atoms with Crippen molar-refractivity contribution in [3.05, 3.63) is 60.7 Å². The summed E-state index contributed by atoms with van der Waals surface area (Å²) in [6.07, 6.45) is 4.59. The Morgan fingerprint density at radius 2 is 1.95 bits per heavy atom. The number of nitrogens with zero attached hydrogens (tertiary/aromatic N) is 1. The van der Waals surface area contributed by atoms with E-state index in [9.17, 15) is 0 Å². The zero-order chi connectivity index (χ0) is 14.0. The van der Waals surface area contributed by atoms with E-state index in [1.807, 2.05) is 31.2 Å². The van der Waals surface area contributed by atoms with E-state index in [0.29, 0.717) is 17.3 Å². The molecule has 0 radical (unpaired) electrons. The van der Waals surface area contributed by atoms with Gasteiger partial charge in [-0.2, -0.15) is 0 Å². The molecule has 2 aromatic rings. The summed E-state index contributed by atoms with van der Waals surface area (Å²) in [5.41, 5.74) is 7.04. The molecule has 1 aromatic heterocycles. The van der Waals surface area contributed by atoms with Crippen LogP contribution in [0.2, 0.25) is 0 Å². The van der Waals surface area contributed by atoms with E-state index in [1.165, 1.54) is 12.5 Å². The van der Waals surface area contributed by atoms with Gasteiger partial charge in [0, 0.05) is 18.6 Å². The van der Waals surface area contributed by atoms with Gasteiger partial charge in [0.2, 0.25) is 5.88 Å². The van der Waals surface area contributed by atoms with Crippen LogP contribution in [0.1, 0.15) is 12.5 Å². The van der Waals surface area contributed by atoms with Crippen molar-refractivity contribution in [1.29, 1.82) is 0 Å². The molecule has 0 saturated heterocycles. The predicted molar refractivity (Wildman–Crippen MR) is 73.8 cm³/mol. The zero-order valence-corrected chi connectivity index (χ0v) is 10.9. The third kappa shape index (κ3) is 2.38. The molecular formula is C15H14N2O3. The minimum atomic E-state index is -0.812. The molecule has 0 saturated carbocycles. The number of nitrogens with two attached hydrogens (primary N) is 1.